The first kappa shape index (κ1) is 16.9. The summed E-state index contributed by atoms with van der Waals surface area (Å²) in [5, 5.41) is 0. The molecule has 0 spiro atoms. The average Bonchev–Trinajstić information content (AvgIpc) is 1.50. The van der Waals surface area contributed by atoms with Gasteiger partial charge in [0.2, 0.25) is 0 Å². The molecule has 0 radical (unpaired) electrons. The van der Waals surface area contributed by atoms with Crippen molar-refractivity contribution < 1.29 is 41.7 Å². The van der Waals surface area contributed by atoms with E-state index in [1.165, 1.54) is 0 Å². The Morgan fingerprint density at radius 1 is 0.600 bits per heavy atom. The molecule has 0 aliphatic heterocycles. The predicted molar refractivity (Wildman–Crippen MR) is 22.5 cm³/mol. The van der Waals surface area contributed by atoms with Crippen LogP contribution in [0.25, 0.3) is 0 Å². The van der Waals surface area contributed by atoms with Crippen LogP contribution in [0.1, 0.15) is 0 Å². The first-order valence-electron chi connectivity index (χ1n) is 1.000. The maximum Gasteiger partial charge on any atom is 0 e. The molecule has 0 aromatic heterocycles. The van der Waals surface area contributed by atoms with E-state index in [0.717, 1.165) is 0 Å². The van der Waals surface area contributed by atoms with Gasteiger partial charge in [0.25, 0.3) is 0 Å². The summed E-state index contributed by atoms with van der Waals surface area (Å²) in [6.45, 7) is 12.0. The van der Waals surface area contributed by atoms with Gasteiger partial charge in [-0.2, -0.15) is 0 Å². The van der Waals surface area contributed by atoms with Crippen molar-refractivity contribution in [2.24, 2.45) is 0 Å². The smallest absolute Gasteiger partial charge is 0 e. The molecule has 0 unspecified atom stereocenters. The van der Waals surface area contributed by atoms with E-state index < -0.39 is 0 Å². The van der Waals surface area contributed by atoms with Crippen LogP contribution in [0.2, 0.25) is 0 Å². The monoisotopic (exact) mass is 196 g/mol. The second kappa shape index (κ2) is 98.4. The van der Waals surface area contributed by atoms with Gasteiger partial charge in [-0.25, -0.2) is 0 Å². The summed E-state index contributed by atoms with van der Waals surface area (Å²) in [6, 6.07) is 0. The number of hydrogen-bond acceptors (Lipinski definition) is 0. The summed E-state index contributed by atoms with van der Waals surface area (Å²) in [5.74, 6) is 0. The molecule has 0 aromatic rings. The zero-order valence-corrected chi connectivity index (χ0v) is 6.47. The molecule has 0 bridgehead atoms. The van der Waals surface area contributed by atoms with E-state index in [-0.39, 0.29) is 41.7 Å². The standard InChI is InChI=1S/2C2H4.Ce/c2*1-2;/h2*1-2H2;. The van der Waals surface area contributed by atoms with Crippen molar-refractivity contribution in [3.05, 3.63) is 26.3 Å². The van der Waals surface area contributed by atoms with Crippen molar-refractivity contribution in [2.75, 3.05) is 0 Å². The SMILES string of the molecule is C=C.C=C.[Ce]. The van der Waals surface area contributed by atoms with Crippen LogP contribution in [0.4, 0.5) is 0 Å². The van der Waals surface area contributed by atoms with Crippen molar-refractivity contribution in [3.63, 3.8) is 0 Å². The van der Waals surface area contributed by atoms with Crippen molar-refractivity contribution in [1.82, 2.24) is 0 Å². The quantitative estimate of drug-likeness (QED) is 0.516. The molecule has 0 N–H and O–H groups in total. The van der Waals surface area contributed by atoms with Crippen molar-refractivity contribution in [3.8, 4) is 0 Å². The van der Waals surface area contributed by atoms with Crippen LogP contribution < -0.4 is 0 Å². The third-order valence-electron chi connectivity index (χ3n) is 0. The Kier molecular flexibility index (Phi) is 333. The molecule has 0 saturated heterocycles. The molecule has 0 heterocycles. The van der Waals surface area contributed by atoms with Crippen molar-refractivity contribution >= 4 is 0 Å². The van der Waals surface area contributed by atoms with E-state index >= 15 is 0 Å². The third kappa shape index (κ3) is 54.0. The van der Waals surface area contributed by atoms with E-state index in [9.17, 15) is 0 Å². The summed E-state index contributed by atoms with van der Waals surface area (Å²) in [4.78, 5) is 0. The third-order valence-corrected chi connectivity index (χ3v) is 0. The Balaban J connectivity index is -0.0000000133. The van der Waals surface area contributed by atoms with Crippen molar-refractivity contribution in [2.45, 2.75) is 0 Å². The largest absolute Gasteiger partial charge is 0.106 e. The van der Waals surface area contributed by atoms with E-state index in [2.05, 4.69) is 26.3 Å². The minimum atomic E-state index is 0. The van der Waals surface area contributed by atoms with E-state index in [4.69, 9.17) is 0 Å². The maximum absolute atomic E-state index is 3.00. The van der Waals surface area contributed by atoms with Gasteiger partial charge in [0.15, 0.2) is 0 Å². The van der Waals surface area contributed by atoms with Gasteiger partial charge in [0.1, 0.15) is 0 Å². The van der Waals surface area contributed by atoms with Crippen LogP contribution in [-0.4, -0.2) is 0 Å². The van der Waals surface area contributed by atoms with Gasteiger partial charge in [-0.05, 0) is 0 Å². The van der Waals surface area contributed by atoms with E-state index in [1.54, 1.807) is 0 Å². The molecule has 0 nitrogen and oxygen atoms in total. The molecular formula is C4H8Ce. The van der Waals surface area contributed by atoms with Gasteiger partial charge in [0, 0.05) is 41.7 Å². The summed E-state index contributed by atoms with van der Waals surface area (Å²) in [6.07, 6.45) is 0. The van der Waals surface area contributed by atoms with Crippen LogP contribution in [0.3, 0.4) is 0 Å². The summed E-state index contributed by atoms with van der Waals surface area (Å²) in [5.41, 5.74) is 0. The minimum absolute atomic E-state index is 0. The zero-order chi connectivity index (χ0) is 4.00. The molecule has 0 rings (SSSR count). The van der Waals surface area contributed by atoms with E-state index in [1.807, 2.05) is 0 Å². The molecule has 0 aliphatic carbocycles. The molecule has 0 aliphatic rings. The second-order valence-electron chi connectivity index (χ2n) is 0. The second-order valence-corrected chi connectivity index (χ2v) is 0. The molecule has 0 amide bonds. The molecule has 0 fully saturated rings. The molecular weight excluding hydrogens is 188 g/mol. The molecule has 0 saturated carbocycles. The fourth-order valence-electron chi connectivity index (χ4n) is 0. The topological polar surface area (TPSA) is 0 Å². The number of hydrogen-bond donors (Lipinski definition) is 0. The summed E-state index contributed by atoms with van der Waals surface area (Å²) in [7, 11) is 0. The maximum atomic E-state index is 3.00. The average molecular weight is 196 g/mol. The predicted octanol–water partition coefficient (Wildman–Crippen LogP) is 1.60. The van der Waals surface area contributed by atoms with Crippen molar-refractivity contribution in [1.29, 1.82) is 0 Å². The van der Waals surface area contributed by atoms with Crippen LogP contribution >= 0.6 is 0 Å². The molecule has 5 heavy (non-hydrogen) atoms. The Hall–Kier alpha value is 0.857. The van der Waals surface area contributed by atoms with E-state index in [0.29, 0.717) is 0 Å². The van der Waals surface area contributed by atoms with Crippen LogP contribution in [0, 0.1) is 41.7 Å². The fourth-order valence-corrected chi connectivity index (χ4v) is 0. The van der Waals surface area contributed by atoms with Gasteiger partial charge in [-0.15, -0.1) is 26.3 Å². The number of rotatable bonds is 0. The van der Waals surface area contributed by atoms with Crippen LogP contribution in [0.5, 0.6) is 0 Å². The minimum Gasteiger partial charge on any atom is -0.106 e. The first-order valence-corrected chi connectivity index (χ1v) is 1.000. The Morgan fingerprint density at radius 3 is 0.600 bits per heavy atom. The Labute approximate surface area is 67.3 Å². The van der Waals surface area contributed by atoms with Gasteiger partial charge >= 0.3 is 0 Å². The van der Waals surface area contributed by atoms with Gasteiger partial charge in [0.05, 0.1) is 0 Å². The zero-order valence-electron chi connectivity index (χ0n) is 3.33. The molecule has 28 valence electrons. The van der Waals surface area contributed by atoms with Crippen LogP contribution in [-0.2, 0) is 0 Å². The fraction of sp³-hybridized carbons (Fsp3) is 0. The molecule has 0 atom stereocenters. The molecule has 1 heteroatoms. The van der Waals surface area contributed by atoms with Crippen LogP contribution in [0.15, 0.2) is 26.3 Å². The summed E-state index contributed by atoms with van der Waals surface area (Å²) < 4.78 is 0. The van der Waals surface area contributed by atoms with Gasteiger partial charge in [-0.3, -0.25) is 0 Å². The van der Waals surface area contributed by atoms with Gasteiger partial charge in [-0.1, -0.05) is 0 Å². The van der Waals surface area contributed by atoms with Gasteiger partial charge < -0.3 is 0 Å². The summed E-state index contributed by atoms with van der Waals surface area (Å²) >= 11 is 0. The molecule has 0 aromatic carbocycles. The Bertz CT molecular complexity index is 5.61. The normalized spacial score (nSPS) is 1.60. The first-order chi connectivity index (χ1) is 2.00. The Morgan fingerprint density at radius 2 is 0.600 bits per heavy atom.